The number of hydrogen-bond donors (Lipinski definition) is 3. The third-order valence-corrected chi connectivity index (χ3v) is 0.799. The van der Waals surface area contributed by atoms with Crippen LogP contribution in [0.5, 0.6) is 0 Å². The van der Waals surface area contributed by atoms with Crippen molar-refractivity contribution in [3.8, 4) is 0 Å². The molecule has 14 heavy (non-hydrogen) atoms. The van der Waals surface area contributed by atoms with Gasteiger partial charge < -0.3 is 36.4 Å². The van der Waals surface area contributed by atoms with Crippen LogP contribution in [-0.4, -0.2) is 36.2 Å². The van der Waals surface area contributed by atoms with Gasteiger partial charge in [-0.25, -0.2) is 0 Å². The number of carbonyl (C=O) groups excluding carboxylic acids is 2. The van der Waals surface area contributed by atoms with E-state index in [0.29, 0.717) is 13.1 Å². The maximum absolute atomic E-state index is 9.58. The zero-order valence-corrected chi connectivity index (χ0v) is 9.52. The average molecular weight is 387 g/mol. The molecule has 0 aliphatic heterocycles. The molecule has 0 saturated heterocycles. The molecule has 0 aromatic rings. The number of hydrogen-bond acceptors (Lipinski definition) is 7. The van der Waals surface area contributed by atoms with Crippen molar-refractivity contribution in [1.29, 1.82) is 0 Å². The summed E-state index contributed by atoms with van der Waals surface area (Å²) in [5.41, 5.74) is 9.81. The Hall–Kier alpha value is -0.492. The third-order valence-electron chi connectivity index (χ3n) is 0.799. The summed E-state index contributed by atoms with van der Waals surface area (Å²) in [5, 5.41) is 27.3. The van der Waals surface area contributed by atoms with Gasteiger partial charge in [-0.3, -0.25) is 0 Å². The maximum atomic E-state index is 9.58. The minimum atomic E-state index is -1.96. The Balaban J connectivity index is -0.000000209. The molecule has 84 valence electrons. The van der Waals surface area contributed by atoms with Crippen LogP contribution < -0.4 is 21.7 Å². The first-order chi connectivity index (χ1) is 5.95. The van der Waals surface area contributed by atoms with E-state index in [2.05, 4.69) is 0 Å². The van der Waals surface area contributed by atoms with E-state index < -0.39 is 24.5 Å². The van der Waals surface area contributed by atoms with E-state index in [1.165, 1.54) is 0 Å². The van der Waals surface area contributed by atoms with E-state index in [0.717, 1.165) is 0 Å². The van der Waals surface area contributed by atoms with E-state index in [1.807, 2.05) is 0 Å². The predicted octanol–water partition coefficient (Wildman–Crippen LogP) is -4.86. The van der Waals surface area contributed by atoms with Crippen molar-refractivity contribution in [1.82, 2.24) is 0 Å². The fraction of sp³-hybridized carbons (Fsp3) is 0.667. The Morgan fingerprint density at radius 3 is 1.64 bits per heavy atom. The van der Waals surface area contributed by atoms with Gasteiger partial charge in [-0.2, -0.15) is 0 Å². The summed E-state index contributed by atoms with van der Waals surface area (Å²) in [6.45, 7) is 1.19. The number of rotatable bonds is 4. The van der Waals surface area contributed by atoms with Crippen LogP contribution in [0.3, 0.4) is 0 Å². The Labute approximate surface area is 95.3 Å². The van der Waals surface area contributed by atoms with E-state index >= 15 is 0 Å². The first-order valence-electron chi connectivity index (χ1n) is 3.44. The molecule has 1 unspecified atom stereocenters. The molecule has 0 aromatic carbocycles. The summed E-state index contributed by atoms with van der Waals surface area (Å²) < 4.78 is 0. The van der Waals surface area contributed by atoms with Crippen LogP contribution in [0.4, 0.5) is 0 Å². The van der Waals surface area contributed by atoms with Gasteiger partial charge in [0.05, 0.1) is 12.1 Å². The van der Waals surface area contributed by atoms with Crippen LogP contribution in [-0.2, 0) is 30.7 Å². The molecule has 0 aliphatic rings. The van der Waals surface area contributed by atoms with E-state index in [1.54, 1.807) is 0 Å². The van der Waals surface area contributed by atoms with Gasteiger partial charge in [0.15, 0.2) is 0 Å². The summed E-state index contributed by atoms with van der Waals surface area (Å²) in [4.78, 5) is 19.1. The summed E-state index contributed by atoms with van der Waals surface area (Å²) in [6.07, 6.45) is -2.89. The Bertz CT molecular complexity index is 164. The summed E-state index contributed by atoms with van der Waals surface area (Å²) in [6, 6.07) is 0. The van der Waals surface area contributed by atoms with Crippen LogP contribution in [0.1, 0.15) is 6.42 Å². The van der Waals surface area contributed by atoms with Crippen LogP contribution in [0, 0.1) is 0 Å². The molecule has 0 spiro atoms. The van der Waals surface area contributed by atoms with Crippen molar-refractivity contribution in [2.45, 2.75) is 12.5 Å². The number of aliphatic hydroxyl groups is 1. The second-order valence-electron chi connectivity index (χ2n) is 1.99. The van der Waals surface area contributed by atoms with Crippen molar-refractivity contribution in [2.75, 3.05) is 13.1 Å². The van der Waals surface area contributed by atoms with Crippen molar-refractivity contribution in [2.24, 2.45) is 11.5 Å². The van der Waals surface area contributed by atoms with Gasteiger partial charge in [0, 0.05) is 25.5 Å². The largest absolute Gasteiger partial charge is 4.00 e. The number of carboxylic acids is 2. The van der Waals surface area contributed by atoms with Crippen LogP contribution >= 0.6 is 0 Å². The predicted molar refractivity (Wildman–Crippen MR) is 38.7 cm³/mol. The van der Waals surface area contributed by atoms with Gasteiger partial charge in [-0.15, -0.1) is 0 Å². The number of aliphatic hydroxyl groups excluding tert-OH is 1. The normalized spacial score (nSPS) is 10.2. The molecular formula is C6H12N2O5Pt+2. The minimum absolute atomic E-state index is 0. The second-order valence-corrected chi connectivity index (χ2v) is 1.99. The average Bonchev–Trinajstić information content (AvgIpc) is 2.03. The van der Waals surface area contributed by atoms with Crippen LogP contribution in [0.2, 0.25) is 0 Å². The molecule has 0 bridgehead atoms. The molecule has 0 saturated carbocycles. The molecule has 8 heteroatoms. The molecule has 0 radical (unpaired) electrons. The zero-order valence-electron chi connectivity index (χ0n) is 7.25. The Morgan fingerprint density at radius 1 is 1.21 bits per heavy atom. The fourth-order valence-electron chi connectivity index (χ4n) is 0.241. The third kappa shape index (κ3) is 17.6. The van der Waals surface area contributed by atoms with Gasteiger partial charge >= 0.3 is 21.1 Å². The summed E-state index contributed by atoms with van der Waals surface area (Å²) >= 11 is 0. The van der Waals surface area contributed by atoms with Gasteiger partial charge in [-0.1, -0.05) is 0 Å². The molecule has 0 rings (SSSR count). The van der Waals surface area contributed by atoms with Crippen molar-refractivity contribution >= 4 is 11.9 Å². The van der Waals surface area contributed by atoms with E-state index in [-0.39, 0.29) is 21.1 Å². The van der Waals surface area contributed by atoms with Gasteiger partial charge in [-0.05, 0) is 0 Å². The van der Waals surface area contributed by atoms with E-state index in [9.17, 15) is 19.8 Å². The SMILES string of the molecule is NCCN.O=C([O-])CC(O)C(=O)[O-].[Pt+4]. The first kappa shape index (κ1) is 19.1. The van der Waals surface area contributed by atoms with Crippen LogP contribution in [0.25, 0.3) is 0 Å². The fourth-order valence-corrected chi connectivity index (χ4v) is 0.241. The van der Waals surface area contributed by atoms with Crippen molar-refractivity contribution in [3.63, 3.8) is 0 Å². The number of carbonyl (C=O) groups is 2. The van der Waals surface area contributed by atoms with E-state index in [4.69, 9.17) is 16.6 Å². The number of nitrogens with two attached hydrogens (primary N) is 2. The van der Waals surface area contributed by atoms with Gasteiger partial charge in [0.25, 0.3) is 0 Å². The minimum Gasteiger partial charge on any atom is -0.550 e. The molecule has 0 aromatic heterocycles. The smallest absolute Gasteiger partial charge is 0.550 e. The molecule has 1 atom stereocenters. The standard InChI is InChI=1S/C4H6O5.C2H8N2.Pt/c5-2(4(8)9)1-3(6)7;3-1-2-4;/h2,5H,1H2,(H,6,7)(H,8,9);1-4H2;/q;;+4/p-2. The Morgan fingerprint density at radius 2 is 1.57 bits per heavy atom. The van der Waals surface area contributed by atoms with Crippen molar-refractivity contribution in [3.05, 3.63) is 0 Å². The molecule has 0 aliphatic carbocycles. The quantitative estimate of drug-likeness (QED) is 0.437. The maximum Gasteiger partial charge on any atom is 4.00 e. The monoisotopic (exact) mass is 387 g/mol. The second kappa shape index (κ2) is 12.5. The topological polar surface area (TPSA) is 153 Å². The summed E-state index contributed by atoms with van der Waals surface area (Å²) in [7, 11) is 0. The first-order valence-corrected chi connectivity index (χ1v) is 3.44. The zero-order chi connectivity index (χ0) is 10.9. The van der Waals surface area contributed by atoms with Gasteiger partial charge in [0.2, 0.25) is 0 Å². The summed E-state index contributed by atoms with van der Waals surface area (Å²) in [5.74, 6) is -3.43. The molecule has 0 fully saturated rings. The number of aliphatic carboxylic acids is 2. The molecule has 5 N–H and O–H groups in total. The molecule has 0 heterocycles. The van der Waals surface area contributed by atoms with Crippen molar-refractivity contribution < 1.29 is 46.0 Å². The number of carboxylic acid groups (broad SMARTS) is 2. The molecule has 0 amide bonds. The Kier molecular flexibility index (Phi) is 17.1. The molecular weight excluding hydrogens is 375 g/mol. The van der Waals surface area contributed by atoms with Gasteiger partial charge in [0.1, 0.15) is 0 Å². The van der Waals surface area contributed by atoms with Crippen LogP contribution in [0.15, 0.2) is 0 Å². The molecule has 7 nitrogen and oxygen atoms in total.